The smallest absolute Gasteiger partial charge is 0.247 e. The maximum atomic E-state index is 15.0. The van der Waals surface area contributed by atoms with Crippen LogP contribution in [0.5, 0.6) is 5.75 Å². The minimum atomic E-state index is -0.591. The molecule has 216 valence electrons. The molecular formula is C28H30Cl2FN7O3. The van der Waals surface area contributed by atoms with Crippen molar-refractivity contribution in [1.29, 1.82) is 0 Å². The standard InChI is InChI=1S/C28H30Cl2FN7O3/c1-4-26(39)35-19-13-20(23(40-3)14-22(19)37-10-8-36(2)9-11-37)34-24-15-25(33-16-32-24)38-21(7-12-41-38)17-5-6-18(29)27(30)28(17)31/h4-6,13-16,21H,1,7-12H2,2-3H3,(H,35,39)(H,32,33,34). The topological polar surface area (TPSA) is 95.1 Å². The molecule has 2 aliphatic heterocycles. The molecule has 1 aromatic heterocycles. The van der Waals surface area contributed by atoms with E-state index >= 15 is 0 Å². The van der Waals surface area contributed by atoms with Gasteiger partial charge in [0.1, 0.15) is 23.7 Å². The molecule has 2 fully saturated rings. The predicted octanol–water partition coefficient (Wildman–Crippen LogP) is 5.43. The van der Waals surface area contributed by atoms with Crippen LogP contribution in [0.2, 0.25) is 10.0 Å². The van der Waals surface area contributed by atoms with Gasteiger partial charge in [-0.2, -0.15) is 0 Å². The summed E-state index contributed by atoms with van der Waals surface area (Å²) in [5.74, 6) is 0.497. The van der Waals surface area contributed by atoms with Crippen LogP contribution in [0.1, 0.15) is 18.0 Å². The van der Waals surface area contributed by atoms with E-state index in [0.29, 0.717) is 47.4 Å². The Bertz CT molecular complexity index is 1450. The van der Waals surface area contributed by atoms with Crippen molar-refractivity contribution in [3.05, 3.63) is 70.7 Å². The number of amides is 1. The van der Waals surface area contributed by atoms with Crippen molar-refractivity contribution < 1.29 is 18.8 Å². The van der Waals surface area contributed by atoms with Crippen molar-refractivity contribution in [1.82, 2.24) is 14.9 Å². The molecule has 41 heavy (non-hydrogen) atoms. The monoisotopic (exact) mass is 601 g/mol. The normalized spacial score (nSPS) is 17.4. The molecule has 2 aromatic carbocycles. The summed E-state index contributed by atoms with van der Waals surface area (Å²) in [6.07, 6.45) is 3.13. The van der Waals surface area contributed by atoms with Crippen molar-refractivity contribution in [3.8, 4) is 5.75 Å². The summed E-state index contributed by atoms with van der Waals surface area (Å²) in [6, 6.07) is 8.07. The summed E-state index contributed by atoms with van der Waals surface area (Å²) >= 11 is 12.1. The first-order valence-electron chi connectivity index (χ1n) is 13.0. The number of nitrogens with zero attached hydrogens (tertiary/aromatic N) is 5. The first-order valence-corrected chi connectivity index (χ1v) is 13.8. The van der Waals surface area contributed by atoms with Gasteiger partial charge in [-0.1, -0.05) is 35.8 Å². The Balaban J connectivity index is 1.45. The molecule has 1 unspecified atom stereocenters. The fraction of sp³-hybridized carbons (Fsp3) is 0.321. The van der Waals surface area contributed by atoms with Crippen LogP contribution in [0.15, 0.2) is 49.3 Å². The van der Waals surface area contributed by atoms with Crippen LogP contribution >= 0.6 is 23.2 Å². The Labute approximate surface area is 247 Å². The molecule has 0 radical (unpaired) electrons. The number of carbonyl (C=O) groups excluding carboxylic acids is 1. The molecule has 1 amide bonds. The van der Waals surface area contributed by atoms with E-state index in [1.54, 1.807) is 36.4 Å². The zero-order valence-corrected chi connectivity index (χ0v) is 24.2. The summed E-state index contributed by atoms with van der Waals surface area (Å²) in [5, 5.41) is 7.73. The van der Waals surface area contributed by atoms with Gasteiger partial charge in [0.2, 0.25) is 5.91 Å². The third-order valence-electron chi connectivity index (χ3n) is 7.08. The number of hydrogen-bond acceptors (Lipinski definition) is 9. The molecular weight excluding hydrogens is 572 g/mol. The van der Waals surface area contributed by atoms with E-state index in [2.05, 4.69) is 44.0 Å². The SMILES string of the molecule is C=CC(=O)Nc1cc(Nc2cc(N3OCCC3c3ccc(Cl)c(Cl)c3F)ncn2)c(OC)cc1N1CCN(C)CC1. The molecule has 0 aliphatic carbocycles. The second kappa shape index (κ2) is 12.5. The molecule has 2 saturated heterocycles. The van der Waals surface area contributed by atoms with Gasteiger partial charge >= 0.3 is 0 Å². The Morgan fingerprint density at radius 2 is 1.95 bits per heavy atom. The third kappa shape index (κ3) is 6.18. The second-order valence-electron chi connectivity index (χ2n) is 9.67. The number of halogens is 3. The van der Waals surface area contributed by atoms with E-state index in [0.717, 1.165) is 31.9 Å². The molecule has 13 heteroatoms. The Kier molecular flexibility index (Phi) is 8.79. The van der Waals surface area contributed by atoms with Crippen molar-refractivity contribution in [3.63, 3.8) is 0 Å². The Morgan fingerprint density at radius 3 is 2.68 bits per heavy atom. The van der Waals surface area contributed by atoms with Gasteiger partial charge in [0.05, 0.1) is 46.9 Å². The van der Waals surface area contributed by atoms with Gasteiger partial charge in [0.15, 0.2) is 5.82 Å². The number of anilines is 5. The van der Waals surface area contributed by atoms with E-state index < -0.39 is 11.9 Å². The Hall–Kier alpha value is -3.64. The number of hydroxylamine groups is 1. The number of aromatic nitrogens is 2. The number of piperazine rings is 1. The number of carbonyl (C=O) groups is 1. The number of likely N-dealkylation sites (N-methyl/N-ethyl adjacent to an activating group) is 1. The highest BCUT2D eigenvalue weighted by atomic mass is 35.5. The Morgan fingerprint density at radius 1 is 1.17 bits per heavy atom. The number of hydrogen-bond donors (Lipinski definition) is 2. The van der Waals surface area contributed by atoms with E-state index in [1.165, 1.54) is 12.4 Å². The lowest BCUT2D eigenvalue weighted by Crippen LogP contribution is -2.44. The van der Waals surface area contributed by atoms with Gasteiger partial charge in [-0.3, -0.25) is 9.63 Å². The van der Waals surface area contributed by atoms with E-state index in [1.807, 2.05) is 6.07 Å². The lowest BCUT2D eigenvalue weighted by atomic mass is 10.0. The maximum Gasteiger partial charge on any atom is 0.247 e. The highest BCUT2D eigenvalue weighted by molar-refractivity contribution is 6.42. The lowest BCUT2D eigenvalue weighted by molar-refractivity contribution is -0.111. The van der Waals surface area contributed by atoms with E-state index in [-0.39, 0.29) is 16.0 Å². The molecule has 0 spiro atoms. The van der Waals surface area contributed by atoms with Gasteiger partial charge in [-0.25, -0.2) is 19.4 Å². The number of benzene rings is 2. The van der Waals surface area contributed by atoms with Gasteiger partial charge in [0, 0.05) is 50.3 Å². The fourth-order valence-corrected chi connectivity index (χ4v) is 5.20. The highest BCUT2D eigenvalue weighted by Crippen LogP contribution is 2.41. The largest absolute Gasteiger partial charge is 0.494 e. The second-order valence-corrected chi connectivity index (χ2v) is 10.5. The molecule has 5 rings (SSSR count). The number of rotatable bonds is 8. The summed E-state index contributed by atoms with van der Waals surface area (Å²) < 4.78 is 20.7. The summed E-state index contributed by atoms with van der Waals surface area (Å²) in [4.78, 5) is 31.3. The van der Waals surface area contributed by atoms with E-state index in [4.69, 9.17) is 32.8 Å². The summed E-state index contributed by atoms with van der Waals surface area (Å²) in [5.41, 5.74) is 2.38. The highest BCUT2D eigenvalue weighted by Gasteiger charge is 2.32. The molecule has 3 aromatic rings. The van der Waals surface area contributed by atoms with Gasteiger partial charge in [0.25, 0.3) is 0 Å². The van der Waals surface area contributed by atoms with Crippen LogP contribution in [0, 0.1) is 5.82 Å². The number of nitrogens with one attached hydrogen (secondary N) is 2. The predicted molar refractivity (Wildman–Crippen MR) is 159 cm³/mol. The van der Waals surface area contributed by atoms with Gasteiger partial charge < -0.3 is 25.2 Å². The molecule has 2 N–H and O–H groups in total. The van der Waals surface area contributed by atoms with Gasteiger partial charge in [-0.15, -0.1) is 0 Å². The first-order chi connectivity index (χ1) is 19.8. The number of methoxy groups -OCH3 is 1. The third-order valence-corrected chi connectivity index (χ3v) is 7.86. The quantitative estimate of drug-likeness (QED) is 0.259. The average Bonchev–Trinajstić information content (AvgIpc) is 3.46. The molecule has 2 aliphatic rings. The van der Waals surface area contributed by atoms with Crippen LogP contribution < -0.4 is 25.3 Å². The van der Waals surface area contributed by atoms with Crippen LogP contribution in [0.3, 0.4) is 0 Å². The van der Waals surface area contributed by atoms with Crippen LogP contribution in [-0.2, 0) is 9.63 Å². The van der Waals surface area contributed by atoms with Crippen LogP contribution in [-0.4, -0.2) is 67.7 Å². The van der Waals surface area contributed by atoms with Crippen LogP contribution in [0.4, 0.5) is 33.1 Å². The average molecular weight is 602 g/mol. The minimum Gasteiger partial charge on any atom is -0.494 e. The van der Waals surface area contributed by atoms with Crippen molar-refractivity contribution >= 4 is 57.8 Å². The minimum absolute atomic E-state index is 0.132. The van der Waals surface area contributed by atoms with Crippen molar-refractivity contribution in [2.45, 2.75) is 12.5 Å². The molecule has 3 heterocycles. The lowest BCUT2D eigenvalue weighted by Gasteiger charge is -2.35. The zero-order chi connectivity index (χ0) is 29.1. The summed E-state index contributed by atoms with van der Waals surface area (Å²) in [7, 11) is 3.66. The van der Waals surface area contributed by atoms with Crippen molar-refractivity contribution in [2.24, 2.45) is 0 Å². The fourth-order valence-electron chi connectivity index (χ4n) is 4.88. The molecule has 1 atom stereocenters. The molecule has 10 nitrogen and oxygen atoms in total. The van der Waals surface area contributed by atoms with E-state index in [9.17, 15) is 9.18 Å². The zero-order valence-electron chi connectivity index (χ0n) is 22.7. The molecule has 0 bridgehead atoms. The molecule has 0 saturated carbocycles. The maximum absolute atomic E-state index is 15.0. The van der Waals surface area contributed by atoms with Gasteiger partial charge in [-0.05, 0) is 25.3 Å². The van der Waals surface area contributed by atoms with Crippen molar-refractivity contribution in [2.75, 3.05) is 67.5 Å². The number of ether oxygens (including phenoxy) is 1. The summed E-state index contributed by atoms with van der Waals surface area (Å²) in [6.45, 7) is 7.34. The van der Waals surface area contributed by atoms with Crippen LogP contribution in [0.25, 0.3) is 0 Å². The first kappa shape index (κ1) is 28.9.